The molecule has 0 aromatic heterocycles. The summed E-state index contributed by atoms with van der Waals surface area (Å²) in [5.74, 6) is 0. The Kier molecular flexibility index (Phi) is 4.43. The molecule has 1 aliphatic carbocycles. The van der Waals surface area contributed by atoms with Gasteiger partial charge in [-0.2, -0.15) is 0 Å². The molecule has 102 valence electrons. The summed E-state index contributed by atoms with van der Waals surface area (Å²) >= 11 is 5.91. The molecule has 0 saturated carbocycles. The molecule has 0 N–H and O–H groups in total. The molecule has 1 aromatic rings. The lowest BCUT2D eigenvalue weighted by Crippen LogP contribution is -2.27. The molecule has 0 aliphatic heterocycles. The van der Waals surface area contributed by atoms with Gasteiger partial charge in [0.2, 0.25) is 0 Å². The van der Waals surface area contributed by atoms with Crippen LogP contribution in [0.2, 0.25) is 5.02 Å². The highest BCUT2D eigenvalue weighted by atomic mass is 35.5. The van der Waals surface area contributed by atoms with Crippen molar-refractivity contribution in [1.29, 1.82) is 0 Å². The average Bonchev–Trinajstić information content (AvgIpc) is 2.40. The molecule has 0 saturated heterocycles. The first-order chi connectivity index (χ1) is 9.08. The second-order valence-corrected chi connectivity index (χ2v) is 5.99. The van der Waals surface area contributed by atoms with E-state index in [-0.39, 0.29) is 5.41 Å². The molecule has 1 aromatic carbocycles. The number of benzene rings is 1. The number of carbonyl (C=O) groups excluding carboxylic acids is 1. The third-order valence-electron chi connectivity index (χ3n) is 3.81. The first-order valence-electron chi connectivity index (χ1n) is 6.50. The Bertz CT molecular complexity index is 490. The van der Waals surface area contributed by atoms with E-state index in [1.165, 1.54) is 0 Å². The number of allylic oxidation sites excluding steroid dienone is 2. The van der Waals surface area contributed by atoms with Crippen LogP contribution < -0.4 is 0 Å². The van der Waals surface area contributed by atoms with E-state index < -0.39 is 0 Å². The molecule has 2 nitrogen and oxygen atoms in total. The highest BCUT2D eigenvalue weighted by molar-refractivity contribution is 6.30. The number of carbonyl (C=O) groups is 1. The van der Waals surface area contributed by atoms with E-state index in [9.17, 15) is 4.79 Å². The minimum atomic E-state index is 0.0704. The minimum Gasteiger partial charge on any atom is -0.384 e. The van der Waals surface area contributed by atoms with Crippen LogP contribution in [0.3, 0.4) is 0 Å². The zero-order valence-corrected chi connectivity index (χ0v) is 12.2. The summed E-state index contributed by atoms with van der Waals surface area (Å²) in [5, 5.41) is 0.719. The van der Waals surface area contributed by atoms with Crippen LogP contribution in [0.5, 0.6) is 0 Å². The molecule has 0 bridgehead atoms. The SMILES string of the molecule is COCC1(C)CCC(c2ccc(Cl)cc2)=C(C=O)C1. The third-order valence-corrected chi connectivity index (χ3v) is 4.06. The van der Waals surface area contributed by atoms with Crippen molar-refractivity contribution in [3.05, 3.63) is 40.4 Å². The number of ether oxygens (including phenoxy) is 1. The highest BCUT2D eigenvalue weighted by Crippen LogP contribution is 2.42. The van der Waals surface area contributed by atoms with Gasteiger partial charge in [0.1, 0.15) is 6.29 Å². The van der Waals surface area contributed by atoms with Crippen LogP contribution >= 0.6 is 11.6 Å². The van der Waals surface area contributed by atoms with Crippen molar-refractivity contribution >= 4 is 23.5 Å². The Morgan fingerprint density at radius 3 is 2.63 bits per heavy atom. The predicted octanol–water partition coefficient (Wildman–Crippen LogP) is 4.13. The Morgan fingerprint density at radius 1 is 1.37 bits per heavy atom. The van der Waals surface area contributed by atoms with E-state index in [2.05, 4.69) is 6.92 Å². The molecule has 1 aliphatic rings. The van der Waals surface area contributed by atoms with Gasteiger partial charge in [-0.15, -0.1) is 0 Å². The molecule has 0 amide bonds. The van der Waals surface area contributed by atoms with Crippen molar-refractivity contribution in [2.24, 2.45) is 5.41 Å². The molecule has 0 fully saturated rings. The molecule has 2 rings (SSSR count). The number of rotatable bonds is 4. The van der Waals surface area contributed by atoms with Crippen LogP contribution in [0.25, 0.3) is 5.57 Å². The van der Waals surface area contributed by atoms with E-state index in [0.29, 0.717) is 6.61 Å². The summed E-state index contributed by atoms with van der Waals surface area (Å²) in [7, 11) is 1.71. The smallest absolute Gasteiger partial charge is 0.146 e. The lowest BCUT2D eigenvalue weighted by Gasteiger charge is -2.34. The molecule has 3 heteroatoms. The van der Waals surface area contributed by atoms with E-state index in [4.69, 9.17) is 16.3 Å². The molecule has 1 atom stereocenters. The van der Waals surface area contributed by atoms with Gasteiger partial charge in [-0.3, -0.25) is 4.79 Å². The van der Waals surface area contributed by atoms with Crippen LogP contribution in [0.15, 0.2) is 29.8 Å². The maximum Gasteiger partial charge on any atom is 0.146 e. The summed E-state index contributed by atoms with van der Waals surface area (Å²) in [4.78, 5) is 11.4. The zero-order valence-electron chi connectivity index (χ0n) is 11.4. The molecule has 0 heterocycles. The maximum absolute atomic E-state index is 11.4. The van der Waals surface area contributed by atoms with Gasteiger partial charge in [-0.05, 0) is 53.5 Å². The fourth-order valence-electron chi connectivity index (χ4n) is 2.81. The number of aldehydes is 1. The van der Waals surface area contributed by atoms with E-state index >= 15 is 0 Å². The Hall–Kier alpha value is -1.12. The number of methoxy groups -OCH3 is 1. The number of hydrogen-bond acceptors (Lipinski definition) is 2. The van der Waals surface area contributed by atoms with Crippen LogP contribution in [-0.4, -0.2) is 20.0 Å². The van der Waals surface area contributed by atoms with Gasteiger partial charge in [0.05, 0.1) is 6.61 Å². The van der Waals surface area contributed by atoms with Crippen molar-refractivity contribution in [1.82, 2.24) is 0 Å². The van der Waals surface area contributed by atoms with Gasteiger partial charge in [0, 0.05) is 12.1 Å². The standard InChI is InChI=1S/C16H19ClO2/c1-16(11-19-2)8-7-15(13(9-16)10-18)12-3-5-14(17)6-4-12/h3-6,10H,7-9,11H2,1-2H3. The number of halogens is 1. The van der Waals surface area contributed by atoms with Gasteiger partial charge in [0.25, 0.3) is 0 Å². The molecule has 0 radical (unpaired) electrons. The van der Waals surface area contributed by atoms with Crippen molar-refractivity contribution in [2.45, 2.75) is 26.2 Å². The molecular formula is C16H19ClO2. The van der Waals surface area contributed by atoms with E-state index in [1.54, 1.807) is 7.11 Å². The summed E-state index contributed by atoms with van der Waals surface area (Å²) in [6.07, 6.45) is 3.73. The first-order valence-corrected chi connectivity index (χ1v) is 6.88. The summed E-state index contributed by atoms with van der Waals surface area (Å²) in [6, 6.07) is 7.71. The number of hydrogen-bond donors (Lipinski definition) is 0. The van der Waals surface area contributed by atoms with Crippen molar-refractivity contribution in [2.75, 3.05) is 13.7 Å². The van der Waals surface area contributed by atoms with Crippen LogP contribution in [0.4, 0.5) is 0 Å². The quantitative estimate of drug-likeness (QED) is 0.774. The van der Waals surface area contributed by atoms with Gasteiger partial charge in [-0.25, -0.2) is 0 Å². The van der Waals surface area contributed by atoms with Crippen LogP contribution in [0, 0.1) is 5.41 Å². The van der Waals surface area contributed by atoms with Crippen molar-refractivity contribution in [3.63, 3.8) is 0 Å². The summed E-state index contributed by atoms with van der Waals surface area (Å²) in [5.41, 5.74) is 3.22. The van der Waals surface area contributed by atoms with E-state index in [0.717, 1.165) is 47.3 Å². The summed E-state index contributed by atoms with van der Waals surface area (Å²) < 4.78 is 5.28. The topological polar surface area (TPSA) is 26.3 Å². The lowest BCUT2D eigenvalue weighted by atomic mass is 9.72. The van der Waals surface area contributed by atoms with Crippen LogP contribution in [-0.2, 0) is 9.53 Å². The minimum absolute atomic E-state index is 0.0704. The first kappa shape index (κ1) is 14.3. The van der Waals surface area contributed by atoms with Gasteiger partial charge >= 0.3 is 0 Å². The van der Waals surface area contributed by atoms with Gasteiger partial charge in [-0.1, -0.05) is 30.7 Å². The van der Waals surface area contributed by atoms with Gasteiger partial charge in [0.15, 0.2) is 0 Å². The highest BCUT2D eigenvalue weighted by Gasteiger charge is 2.31. The predicted molar refractivity (Wildman–Crippen MR) is 78.3 cm³/mol. The molecular weight excluding hydrogens is 260 g/mol. The molecule has 1 unspecified atom stereocenters. The Labute approximate surface area is 119 Å². The second kappa shape index (κ2) is 5.89. The normalized spacial score (nSPS) is 23.5. The maximum atomic E-state index is 11.4. The fraction of sp³-hybridized carbons (Fsp3) is 0.438. The largest absolute Gasteiger partial charge is 0.384 e. The molecule has 0 spiro atoms. The van der Waals surface area contributed by atoms with Crippen molar-refractivity contribution < 1.29 is 9.53 Å². The van der Waals surface area contributed by atoms with Crippen LogP contribution in [0.1, 0.15) is 31.7 Å². The molecule has 19 heavy (non-hydrogen) atoms. The van der Waals surface area contributed by atoms with E-state index in [1.807, 2.05) is 24.3 Å². The average molecular weight is 279 g/mol. The Balaban J connectivity index is 2.31. The second-order valence-electron chi connectivity index (χ2n) is 5.55. The summed E-state index contributed by atoms with van der Waals surface area (Å²) in [6.45, 7) is 2.87. The third kappa shape index (κ3) is 3.26. The fourth-order valence-corrected chi connectivity index (χ4v) is 2.93. The monoisotopic (exact) mass is 278 g/mol. The van der Waals surface area contributed by atoms with Crippen molar-refractivity contribution in [3.8, 4) is 0 Å². The Morgan fingerprint density at radius 2 is 2.05 bits per heavy atom. The van der Waals surface area contributed by atoms with Gasteiger partial charge < -0.3 is 4.74 Å². The lowest BCUT2D eigenvalue weighted by molar-refractivity contribution is -0.105. The zero-order chi connectivity index (χ0) is 13.9.